The van der Waals surface area contributed by atoms with Crippen LogP contribution in [0, 0.1) is 5.92 Å². The zero-order valence-corrected chi connectivity index (χ0v) is 20.3. The quantitative estimate of drug-likeness (QED) is 0.618. The molecule has 0 aliphatic carbocycles. The van der Waals surface area contributed by atoms with Crippen LogP contribution in [0.15, 0.2) is 53.5 Å². The van der Waals surface area contributed by atoms with Crippen molar-refractivity contribution >= 4 is 17.8 Å². The molecule has 0 spiro atoms. The minimum absolute atomic E-state index is 0.0215. The lowest BCUT2D eigenvalue weighted by Gasteiger charge is -2.27. The molecule has 2 aromatic carbocycles. The molecule has 0 saturated heterocycles. The van der Waals surface area contributed by atoms with Gasteiger partial charge >= 0.3 is 0 Å². The summed E-state index contributed by atoms with van der Waals surface area (Å²) in [6, 6.07) is 13.5. The van der Waals surface area contributed by atoms with E-state index in [1.807, 2.05) is 30.3 Å². The van der Waals surface area contributed by atoms with Gasteiger partial charge in [0.1, 0.15) is 0 Å². The summed E-state index contributed by atoms with van der Waals surface area (Å²) in [4.78, 5) is 33.6. The van der Waals surface area contributed by atoms with E-state index in [1.165, 1.54) is 42.1 Å². The molecule has 0 aromatic heterocycles. The van der Waals surface area contributed by atoms with Crippen LogP contribution in [0.4, 0.5) is 8.78 Å². The highest BCUT2D eigenvalue weighted by Gasteiger charge is 2.48. The van der Waals surface area contributed by atoms with Crippen molar-refractivity contribution in [1.29, 1.82) is 0 Å². The maximum atomic E-state index is 14.2. The molecular weight excluding hydrogens is 438 g/mol. The summed E-state index contributed by atoms with van der Waals surface area (Å²) in [7, 11) is 3.01. The van der Waals surface area contributed by atoms with Gasteiger partial charge in [-0.3, -0.25) is 14.5 Å². The van der Waals surface area contributed by atoms with E-state index in [0.29, 0.717) is 17.9 Å². The van der Waals surface area contributed by atoms with Gasteiger partial charge in [0, 0.05) is 32.1 Å². The second-order valence-corrected chi connectivity index (χ2v) is 9.49. The Balaban J connectivity index is 1.99. The predicted molar refractivity (Wildman–Crippen MR) is 128 cm³/mol. The van der Waals surface area contributed by atoms with Gasteiger partial charge in [0.2, 0.25) is 0 Å². The fraction of sp³-hybridized carbons (Fsp3) is 0.423. The number of nitrogens with two attached hydrogens (primary N) is 1. The first-order chi connectivity index (χ1) is 15.9. The largest absolute Gasteiger partial charge is 0.369 e. The van der Waals surface area contributed by atoms with Gasteiger partial charge in [-0.1, -0.05) is 56.3 Å². The molecule has 34 heavy (non-hydrogen) atoms. The molecule has 1 atom stereocenters. The lowest BCUT2D eigenvalue weighted by molar-refractivity contribution is -0.132. The van der Waals surface area contributed by atoms with Crippen molar-refractivity contribution in [2.24, 2.45) is 16.6 Å². The zero-order valence-electron chi connectivity index (χ0n) is 20.3. The number of guanidine groups is 1. The van der Waals surface area contributed by atoms with E-state index < -0.39 is 17.4 Å². The normalized spacial score (nSPS) is 18.4. The van der Waals surface area contributed by atoms with E-state index >= 15 is 0 Å². The number of rotatable bonds is 8. The number of carbonyl (C=O) groups excluding carboxylic acids is 2. The molecule has 1 aliphatic rings. The Labute approximate surface area is 199 Å². The van der Waals surface area contributed by atoms with Gasteiger partial charge in [-0.05, 0) is 36.0 Å². The molecule has 8 heteroatoms. The smallest absolute Gasteiger partial charge is 0.271 e. The minimum atomic E-state index is -3.19. The fourth-order valence-corrected chi connectivity index (χ4v) is 4.16. The van der Waals surface area contributed by atoms with Crippen molar-refractivity contribution in [1.82, 2.24) is 9.80 Å². The summed E-state index contributed by atoms with van der Waals surface area (Å²) in [6.45, 7) is 4.94. The number of benzene rings is 2. The van der Waals surface area contributed by atoms with Crippen LogP contribution in [0.25, 0.3) is 0 Å². The molecular formula is C26H32F2N4O2. The Kier molecular flexibility index (Phi) is 7.10. The van der Waals surface area contributed by atoms with E-state index in [1.54, 1.807) is 0 Å². The van der Waals surface area contributed by atoms with Crippen LogP contribution in [0.3, 0.4) is 0 Å². The van der Waals surface area contributed by atoms with Crippen molar-refractivity contribution < 1.29 is 18.4 Å². The van der Waals surface area contributed by atoms with Gasteiger partial charge in [0.05, 0.1) is 6.54 Å². The zero-order chi connectivity index (χ0) is 25.3. The Morgan fingerprint density at radius 3 is 2.38 bits per heavy atom. The van der Waals surface area contributed by atoms with Crippen LogP contribution in [-0.4, -0.2) is 41.7 Å². The van der Waals surface area contributed by atoms with Gasteiger partial charge in [0.25, 0.3) is 17.7 Å². The molecule has 0 fully saturated rings. The van der Waals surface area contributed by atoms with Crippen LogP contribution in [0.5, 0.6) is 0 Å². The van der Waals surface area contributed by atoms with E-state index in [2.05, 4.69) is 18.8 Å². The molecule has 1 unspecified atom stereocenters. The molecule has 1 heterocycles. The molecule has 182 valence electrons. The average Bonchev–Trinajstić information content (AvgIpc) is 3.02. The molecule has 0 bridgehead atoms. The predicted octanol–water partition coefficient (Wildman–Crippen LogP) is 4.49. The van der Waals surface area contributed by atoms with Crippen molar-refractivity contribution in [2.75, 3.05) is 14.1 Å². The molecule has 0 radical (unpaired) electrons. The Morgan fingerprint density at radius 2 is 1.82 bits per heavy atom. The topological polar surface area (TPSA) is 79.0 Å². The highest BCUT2D eigenvalue weighted by Crippen LogP contribution is 2.39. The molecule has 3 rings (SSSR count). The first-order valence-corrected chi connectivity index (χ1v) is 11.3. The van der Waals surface area contributed by atoms with Crippen molar-refractivity contribution in [2.45, 2.75) is 51.6 Å². The summed E-state index contributed by atoms with van der Waals surface area (Å²) < 4.78 is 28.3. The minimum Gasteiger partial charge on any atom is -0.369 e. The van der Waals surface area contributed by atoms with Crippen molar-refractivity contribution in [3.63, 3.8) is 0 Å². The van der Waals surface area contributed by atoms with Crippen LogP contribution in [0.1, 0.15) is 60.7 Å². The molecule has 2 amide bonds. The highest BCUT2D eigenvalue weighted by molar-refractivity contribution is 6.07. The van der Waals surface area contributed by atoms with Gasteiger partial charge in [-0.25, -0.2) is 13.8 Å². The molecule has 2 aromatic rings. The Hall–Kier alpha value is -3.29. The number of halogens is 2. The number of aliphatic imine (C=N–C) groups is 1. The summed E-state index contributed by atoms with van der Waals surface area (Å²) in [5, 5.41) is 0. The summed E-state index contributed by atoms with van der Waals surface area (Å²) in [6.07, 6.45) is 1.27. The summed E-state index contributed by atoms with van der Waals surface area (Å²) >= 11 is 0. The van der Waals surface area contributed by atoms with Crippen LogP contribution < -0.4 is 5.73 Å². The van der Waals surface area contributed by atoms with Gasteiger partial charge < -0.3 is 10.6 Å². The first kappa shape index (κ1) is 25.3. The highest BCUT2D eigenvalue weighted by atomic mass is 19.3. The Morgan fingerprint density at radius 1 is 1.18 bits per heavy atom. The number of hydrogen-bond donors (Lipinski definition) is 1. The second kappa shape index (κ2) is 9.52. The second-order valence-electron chi connectivity index (χ2n) is 9.49. The summed E-state index contributed by atoms with van der Waals surface area (Å²) in [5.74, 6) is -3.56. The fourth-order valence-electron chi connectivity index (χ4n) is 4.16. The van der Waals surface area contributed by atoms with E-state index in [0.717, 1.165) is 18.9 Å². The lowest BCUT2D eigenvalue weighted by atomic mass is 9.83. The lowest BCUT2D eigenvalue weighted by Crippen LogP contribution is -2.42. The standard InChI is InChI=1S/C26H32F2N4O2/c1-17(2)13-14-26(19-9-7-6-8-10-19)23(34)32(24(29)30-26)16-18-11-12-21(25(3,27)28)20(15-18)22(33)31(4)5/h6-12,15,17H,13-14,16H2,1-5H3,(H2,29,30). The third kappa shape index (κ3) is 4.95. The number of amides is 2. The molecule has 2 N–H and O–H groups in total. The van der Waals surface area contributed by atoms with Crippen LogP contribution in [-0.2, 0) is 22.8 Å². The number of carbonyl (C=O) groups is 2. The SMILES string of the molecule is CC(C)CCC1(c2ccccc2)N=C(N)N(Cc2ccc(C(C)(F)F)c(C(=O)N(C)C)c2)C1=O. The van der Waals surface area contributed by atoms with E-state index in [-0.39, 0.29) is 29.5 Å². The number of alkyl halides is 2. The van der Waals surface area contributed by atoms with Crippen molar-refractivity contribution in [3.05, 3.63) is 70.8 Å². The molecule has 1 aliphatic heterocycles. The maximum absolute atomic E-state index is 14.2. The number of hydrogen-bond acceptors (Lipinski definition) is 4. The van der Waals surface area contributed by atoms with Crippen LogP contribution in [0.2, 0.25) is 0 Å². The summed E-state index contributed by atoms with van der Waals surface area (Å²) in [5.41, 5.74) is 5.92. The van der Waals surface area contributed by atoms with Crippen LogP contribution >= 0.6 is 0 Å². The van der Waals surface area contributed by atoms with E-state index in [4.69, 9.17) is 5.73 Å². The number of nitrogens with zero attached hydrogens (tertiary/aromatic N) is 3. The molecule has 6 nitrogen and oxygen atoms in total. The molecule has 0 saturated carbocycles. The third-order valence-electron chi connectivity index (χ3n) is 6.05. The van der Waals surface area contributed by atoms with Gasteiger partial charge in [-0.2, -0.15) is 0 Å². The van der Waals surface area contributed by atoms with Gasteiger partial charge in [0.15, 0.2) is 11.5 Å². The van der Waals surface area contributed by atoms with Gasteiger partial charge in [-0.15, -0.1) is 0 Å². The van der Waals surface area contributed by atoms with E-state index in [9.17, 15) is 18.4 Å². The third-order valence-corrected chi connectivity index (χ3v) is 6.05. The Bertz CT molecular complexity index is 1090. The van der Waals surface area contributed by atoms with Crippen molar-refractivity contribution in [3.8, 4) is 0 Å². The average molecular weight is 471 g/mol. The maximum Gasteiger partial charge on any atom is 0.271 e. The first-order valence-electron chi connectivity index (χ1n) is 11.3. The monoisotopic (exact) mass is 470 g/mol.